The van der Waals surface area contributed by atoms with Gasteiger partial charge in [0.2, 0.25) is 0 Å². The third kappa shape index (κ3) is 7.56. The number of amides is 1. The lowest BCUT2D eigenvalue weighted by atomic mass is 10.2. The predicted molar refractivity (Wildman–Crippen MR) is 144 cm³/mol. The highest BCUT2D eigenvalue weighted by molar-refractivity contribution is 8.00. The van der Waals surface area contributed by atoms with Crippen LogP contribution in [0.1, 0.15) is 24.1 Å². The molecular weight excluding hydrogens is 507 g/mol. The first-order chi connectivity index (χ1) is 18.5. The number of anilines is 1. The molecule has 2 N–H and O–H groups in total. The number of furan rings is 1. The molecule has 1 unspecified atom stereocenters. The lowest BCUT2D eigenvalue weighted by molar-refractivity contribution is -0.120. The Bertz CT molecular complexity index is 1370. The Kier molecular flexibility index (Phi) is 9.30. The van der Waals surface area contributed by atoms with Crippen molar-refractivity contribution in [3.8, 4) is 5.95 Å². The molecule has 38 heavy (non-hydrogen) atoms. The van der Waals surface area contributed by atoms with E-state index in [0.29, 0.717) is 24.0 Å². The van der Waals surface area contributed by atoms with E-state index >= 15 is 0 Å². The highest BCUT2D eigenvalue weighted by Crippen LogP contribution is 2.23. The van der Waals surface area contributed by atoms with Gasteiger partial charge < -0.3 is 19.0 Å². The van der Waals surface area contributed by atoms with Crippen molar-refractivity contribution in [3.63, 3.8) is 0 Å². The van der Waals surface area contributed by atoms with Gasteiger partial charge in [-0.1, -0.05) is 48.2 Å². The Balaban J connectivity index is 1.27. The summed E-state index contributed by atoms with van der Waals surface area (Å²) in [5.41, 5.74) is 4.29. The van der Waals surface area contributed by atoms with Crippen molar-refractivity contribution in [2.75, 3.05) is 5.32 Å². The zero-order chi connectivity index (χ0) is 26.7. The summed E-state index contributed by atoms with van der Waals surface area (Å²) in [7, 11) is 0. The van der Waals surface area contributed by atoms with E-state index in [2.05, 4.69) is 32.6 Å². The lowest BCUT2D eigenvalue weighted by Crippen LogP contribution is -2.27. The first-order valence-electron chi connectivity index (χ1n) is 11.8. The molecule has 2 heterocycles. The van der Waals surface area contributed by atoms with E-state index in [0.717, 1.165) is 17.1 Å². The first-order valence-corrected chi connectivity index (χ1v) is 12.7. The van der Waals surface area contributed by atoms with Crippen molar-refractivity contribution in [2.45, 2.75) is 37.0 Å². The van der Waals surface area contributed by atoms with Gasteiger partial charge in [-0.05, 0) is 42.8 Å². The number of thioether (sulfide) groups is 1. The van der Waals surface area contributed by atoms with E-state index in [4.69, 9.17) is 9.15 Å². The molecule has 0 aliphatic carbocycles. The van der Waals surface area contributed by atoms with Crippen LogP contribution in [0.25, 0.3) is 0 Å². The van der Waals surface area contributed by atoms with Crippen molar-refractivity contribution in [1.29, 1.82) is 0 Å². The second-order valence-electron chi connectivity index (χ2n) is 8.08. The molecule has 0 fully saturated rings. The highest BCUT2D eigenvalue weighted by Gasteiger charge is 2.19. The highest BCUT2D eigenvalue weighted by atomic mass is 32.2. The second-order valence-corrected chi connectivity index (χ2v) is 9.39. The van der Waals surface area contributed by atoms with E-state index in [9.17, 15) is 9.18 Å². The second kappa shape index (κ2) is 13.2. The van der Waals surface area contributed by atoms with Gasteiger partial charge in [-0.25, -0.2) is 9.82 Å². The van der Waals surface area contributed by atoms with E-state index < -0.39 is 5.25 Å². The van der Waals surface area contributed by atoms with Gasteiger partial charge >= 0.3 is 0 Å². The minimum absolute atomic E-state index is 0.232. The van der Waals surface area contributed by atoms with Crippen molar-refractivity contribution < 1.29 is 18.3 Å². The number of benzene rings is 2. The monoisotopic (exact) mass is 534 g/mol. The topological polar surface area (TPSA) is 107 Å². The largest absolute Gasteiger partial charge is 0.460 e. The Hall–Kier alpha value is -4.38. The number of rotatable bonds is 13. The van der Waals surface area contributed by atoms with Crippen LogP contribution in [0.3, 0.4) is 0 Å². The summed E-state index contributed by atoms with van der Waals surface area (Å²) in [4.78, 5) is 12.6. The number of para-hydroxylation sites is 1. The first kappa shape index (κ1) is 26.7. The standard InChI is InChI=1S/C27H27FN6O3S/c1-3-15-34-24(17-29-22-7-5-4-6-8-22)31-33-27(34)38-19(2)26(35)32-30-16-23-13-14-25(37-23)36-18-20-9-11-21(28)12-10-20/h3-14,16,19,29H,1,15,17-18H2,2H3,(H,32,35)/b30-16+. The maximum absolute atomic E-state index is 13.0. The molecule has 4 aromatic rings. The number of ether oxygens (including phenoxy) is 1. The van der Waals surface area contributed by atoms with Gasteiger partial charge in [0.05, 0.1) is 18.0 Å². The number of allylic oxidation sites excluding steroid dienone is 1. The summed E-state index contributed by atoms with van der Waals surface area (Å²) < 4.78 is 26.0. The third-order valence-corrected chi connectivity index (χ3v) is 6.32. The van der Waals surface area contributed by atoms with E-state index in [-0.39, 0.29) is 24.3 Å². The molecular formula is C27H27FN6O3S. The number of hydrazone groups is 1. The van der Waals surface area contributed by atoms with Gasteiger partial charge in [-0.15, -0.1) is 16.8 Å². The molecule has 0 saturated heterocycles. The van der Waals surface area contributed by atoms with Gasteiger partial charge in [-0.2, -0.15) is 5.10 Å². The van der Waals surface area contributed by atoms with Gasteiger partial charge in [-0.3, -0.25) is 4.79 Å². The van der Waals surface area contributed by atoms with Crippen molar-refractivity contribution in [1.82, 2.24) is 20.2 Å². The summed E-state index contributed by atoms with van der Waals surface area (Å²) in [5, 5.41) is 16.0. The molecule has 1 amide bonds. The van der Waals surface area contributed by atoms with Gasteiger partial charge in [0.1, 0.15) is 12.4 Å². The molecule has 0 aliphatic heterocycles. The van der Waals surface area contributed by atoms with Crippen LogP contribution in [0.4, 0.5) is 10.1 Å². The number of aromatic nitrogens is 3. The van der Waals surface area contributed by atoms with Crippen LogP contribution >= 0.6 is 11.8 Å². The number of hydrogen-bond acceptors (Lipinski definition) is 8. The fourth-order valence-corrected chi connectivity index (χ4v) is 4.14. The number of nitrogens with one attached hydrogen (secondary N) is 2. The van der Waals surface area contributed by atoms with Gasteiger partial charge in [0, 0.05) is 18.3 Å². The molecule has 2 aromatic heterocycles. The van der Waals surface area contributed by atoms with Crippen LogP contribution in [0, 0.1) is 5.82 Å². The number of halogens is 1. The number of nitrogens with zero attached hydrogens (tertiary/aromatic N) is 4. The molecule has 1 atom stereocenters. The zero-order valence-electron chi connectivity index (χ0n) is 20.7. The van der Waals surface area contributed by atoms with Gasteiger partial charge in [0.15, 0.2) is 16.7 Å². The van der Waals surface area contributed by atoms with E-state index in [1.807, 2.05) is 34.9 Å². The SMILES string of the molecule is C=CCn1c(CNc2ccccc2)nnc1SC(C)C(=O)N/N=C/c1ccc(OCc2ccc(F)cc2)o1. The van der Waals surface area contributed by atoms with Crippen molar-refractivity contribution >= 4 is 29.6 Å². The molecule has 0 bridgehead atoms. The Labute approximate surface area is 223 Å². The van der Waals surface area contributed by atoms with Crippen LogP contribution < -0.4 is 15.5 Å². The Morgan fingerprint density at radius 1 is 1.18 bits per heavy atom. The van der Waals surface area contributed by atoms with Crippen LogP contribution in [0.5, 0.6) is 5.95 Å². The molecule has 0 aliphatic rings. The summed E-state index contributed by atoms with van der Waals surface area (Å²) in [6.07, 6.45) is 3.14. The van der Waals surface area contributed by atoms with Crippen molar-refractivity contribution in [2.24, 2.45) is 5.10 Å². The molecule has 0 spiro atoms. The summed E-state index contributed by atoms with van der Waals surface area (Å²) in [6, 6.07) is 19.1. The Morgan fingerprint density at radius 3 is 2.74 bits per heavy atom. The van der Waals surface area contributed by atoms with Crippen molar-refractivity contribution in [3.05, 3.63) is 102 Å². The van der Waals surface area contributed by atoms with E-state index in [1.54, 1.807) is 37.3 Å². The third-order valence-electron chi connectivity index (χ3n) is 5.24. The normalized spacial score (nSPS) is 11.8. The minimum atomic E-state index is -0.485. The van der Waals surface area contributed by atoms with Gasteiger partial charge in [0.25, 0.3) is 11.9 Å². The number of carbonyl (C=O) groups is 1. The lowest BCUT2D eigenvalue weighted by Gasteiger charge is -2.12. The van der Waals surface area contributed by atoms with Crippen LogP contribution in [0.2, 0.25) is 0 Å². The molecule has 196 valence electrons. The molecule has 4 rings (SSSR count). The summed E-state index contributed by atoms with van der Waals surface area (Å²) >= 11 is 1.28. The minimum Gasteiger partial charge on any atom is -0.460 e. The smallest absolute Gasteiger partial charge is 0.285 e. The Morgan fingerprint density at radius 2 is 1.97 bits per heavy atom. The van der Waals surface area contributed by atoms with Crippen LogP contribution in [0.15, 0.2) is 94.1 Å². The molecule has 11 heteroatoms. The number of hydrogen-bond donors (Lipinski definition) is 2. The fraction of sp³-hybridized carbons (Fsp3) is 0.185. The quantitative estimate of drug-likeness (QED) is 0.107. The molecule has 9 nitrogen and oxygen atoms in total. The molecule has 2 aromatic carbocycles. The number of carbonyl (C=O) groups excluding carboxylic acids is 1. The summed E-state index contributed by atoms with van der Waals surface area (Å²) in [5.74, 6) is 0.811. The molecule has 0 saturated carbocycles. The average Bonchev–Trinajstić information content (AvgIpc) is 3.54. The maximum Gasteiger partial charge on any atom is 0.285 e. The van der Waals surface area contributed by atoms with Crippen LogP contribution in [-0.4, -0.2) is 32.1 Å². The molecule has 0 radical (unpaired) electrons. The zero-order valence-corrected chi connectivity index (χ0v) is 21.5. The van der Waals surface area contributed by atoms with E-state index in [1.165, 1.54) is 30.1 Å². The summed E-state index contributed by atoms with van der Waals surface area (Å²) in [6.45, 7) is 6.80. The maximum atomic E-state index is 13.0. The fourth-order valence-electron chi connectivity index (χ4n) is 3.26. The average molecular weight is 535 g/mol. The van der Waals surface area contributed by atoms with Crippen LogP contribution in [-0.2, 0) is 24.5 Å². The predicted octanol–water partition coefficient (Wildman–Crippen LogP) is 5.02.